The highest BCUT2D eigenvalue weighted by Crippen LogP contribution is 2.48. The van der Waals surface area contributed by atoms with Crippen LogP contribution in [0.4, 0.5) is 45.5 Å². The predicted octanol–water partition coefficient (Wildman–Crippen LogP) is 8.68. The molecule has 4 aromatic rings. The quantitative estimate of drug-likeness (QED) is 0.0868. The van der Waals surface area contributed by atoms with Crippen molar-refractivity contribution in [3.05, 3.63) is 107 Å². The number of anilines is 4. The third-order valence-electron chi connectivity index (χ3n) is 6.12. The van der Waals surface area contributed by atoms with Crippen molar-refractivity contribution in [2.24, 2.45) is 0 Å². The summed E-state index contributed by atoms with van der Waals surface area (Å²) in [7, 11) is -8.16. The highest BCUT2D eigenvalue weighted by atomic mass is 35.5. The van der Waals surface area contributed by atoms with E-state index in [1.807, 2.05) is 0 Å². The Bertz CT molecular complexity index is 1900. The highest BCUT2D eigenvalue weighted by molar-refractivity contribution is 7.62. The molecule has 0 atom stereocenters. The van der Waals surface area contributed by atoms with Crippen molar-refractivity contribution >= 4 is 83.8 Å². The second-order valence-corrected chi connectivity index (χ2v) is 14.2. The van der Waals surface area contributed by atoms with Gasteiger partial charge >= 0.3 is 33.4 Å². The summed E-state index contributed by atoms with van der Waals surface area (Å²) in [6.07, 6.45) is -4.70. The summed E-state index contributed by atoms with van der Waals surface area (Å²) in [6.45, 7) is 3.90. The molecule has 268 valence electrons. The Morgan fingerprint density at radius 1 is 0.700 bits per heavy atom. The maximum absolute atomic E-state index is 13.0. The summed E-state index contributed by atoms with van der Waals surface area (Å²) < 4.78 is 73.5. The second-order valence-electron chi connectivity index (χ2n) is 9.77. The van der Waals surface area contributed by atoms with Crippen LogP contribution in [0.5, 0.6) is 0 Å². The Hall–Kier alpha value is -3.91. The molecule has 0 saturated carbocycles. The summed E-state index contributed by atoms with van der Waals surface area (Å²) in [6, 6.07) is 19.9. The van der Waals surface area contributed by atoms with Crippen LogP contribution >= 0.6 is 38.4 Å². The van der Waals surface area contributed by atoms with Gasteiger partial charge in [0, 0.05) is 16.4 Å². The minimum Gasteiger partial charge on any atom is -0.321 e. The van der Waals surface area contributed by atoms with Gasteiger partial charge in [-0.1, -0.05) is 53.5 Å². The summed E-state index contributed by atoms with van der Waals surface area (Å²) in [5.41, 5.74) is -0.587. The number of halogens is 5. The molecule has 6 N–H and O–H groups in total. The molecule has 50 heavy (non-hydrogen) atoms. The Morgan fingerprint density at radius 3 is 1.70 bits per heavy atom. The fraction of sp³-hybridized carbons (Fsp3) is 0.161. The minimum atomic E-state index is -4.70. The number of urea groups is 2. The molecule has 0 saturated heterocycles. The van der Waals surface area contributed by atoms with Crippen LogP contribution in [0.25, 0.3) is 0 Å². The molecule has 0 radical (unpaired) electrons. The summed E-state index contributed by atoms with van der Waals surface area (Å²) >= 11 is 11.4. The van der Waals surface area contributed by atoms with E-state index in [1.54, 1.807) is 62.4 Å². The number of hydrogen-bond acceptors (Lipinski definition) is 6. The Labute approximate surface area is 295 Å². The molecule has 4 aromatic carbocycles. The molecule has 0 aromatic heterocycles. The maximum Gasteiger partial charge on any atom is 0.417 e. The molecule has 0 heterocycles. The topological polar surface area (TPSA) is 175 Å². The van der Waals surface area contributed by atoms with E-state index in [0.717, 1.165) is 18.2 Å². The SMILES string of the molecule is CCOP(=O)(OCC)c1ccccc1NC(=O)Nc1cccc(Cl)c1.O=C(Nc1ccc(Cl)c(C(F)(F)F)c1)Nc1ccccc1P(=O)(O)O. The van der Waals surface area contributed by atoms with E-state index in [2.05, 4.69) is 21.3 Å². The van der Waals surface area contributed by atoms with Gasteiger partial charge in [-0.25, -0.2) is 9.59 Å². The molecule has 0 fully saturated rings. The first kappa shape index (κ1) is 40.5. The number of para-hydroxylation sites is 2. The molecule has 0 aliphatic carbocycles. The molecule has 0 bridgehead atoms. The molecule has 0 spiro atoms. The second kappa shape index (κ2) is 17.8. The fourth-order valence-corrected chi connectivity index (χ4v) is 6.99. The number of carbonyl (C=O) groups excluding carboxylic acids is 2. The van der Waals surface area contributed by atoms with Gasteiger partial charge in [-0.3, -0.25) is 9.13 Å². The van der Waals surface area contributed by atoms with Gasteiger partial charge in [0.15, 0.2) is 0 Å². The van der Waals surface area contributed by atoms with E-state index in [1.165, 1.54) is 18.2 Å². The molecule has 0 aliphatic heterocycles. The zero-order valence-electron chi connectivity index (χ0n) is 26.2. The zero-order valence-corrected chi connectivity index (χ0v) is 29.5. The minimum absolute atomic E-state index is 0.168. The van der Waals surface area contributed by atoms with Crippen molar-refractivity contribution in [1.82, 2.24) is 0 Å². The van der Waals surface area contributed by atoms with E-state index in [9.17, 15) is 41.7 Å². The lowest BCUT2D eigenvalue weighted by atomic mass is 10.2. The number of rotatable bonds is 10. The summed E-state index contributed by atoms with van der Waals surface area (Å²) in [5.74, 6) is 0. The van der Waals surface area contributed by atoms with E-state index < -0.39 is 49.3 Å². The van der Waals surface area contributed by atoms with Crippen molar-refractivity contribution < 1.29 is 50.7 Å². The normalized spacial score (nSPS) is 11.5. The number of alkyl halides is 3. The van der Waals surface area contributed by atoms with Crippen LogP contribution in [0, 0.1) is 0 Å². The monoisotopic (exact) mass is 776 g/mol. The van der Waals surface area contributed by atoms with Gasteiger partial charge in [-0.05, 0) is 74.5 Å². The van der Waals surface area contributed by atoms with Gasteiger partial charge < -0.3 is 40.1 Å². The number of nitrogens with one attached hydrogen (secondary N) is 4. The molecule has 4 rings (SSSR count). The molecular formula is C31H31Cl2F3N4O8P2. The number of carbonyl (C=O) groups is 2. The molecule has 4 amide bonds. The Morgan fingerprint density at radius 2 is 1.20 bits per heavy atom. The van der Waals surface area contributed by atoms with Gasteiger partial charge in [0.2, 0.25) is 0 Å². The zero-order chi connectivity index (χ0) is 37.1. The first-order valence-electron chi connectivity index (χ1n) is 14.4. The van der Waals surface area contributed by atoms with Crippen LogP contribution in [0.15, 0.2) is 91.0 Å². The van der Waals surface area contributed by atoms with Crippen LogP contribution in [0.2, 0.25) is 10.0 Å². The average Bonchev–Trinajstić information content (AvgIpc) is 3.02. The number of benzene rings is 4. The van der Waals surface area contributed by atoms with E-state index >= 15 is 0 Å². The Balaban J connectivity index is 0.000000270. The largest absolute Gasteiger partial charge is 0.417 e. The molecule has 19 heteroatoms. The standard InChI is InChI=1S/C17H20ClN2O4P.C14H11ClF3N2O4P/c1-3-23-25(22,24-4-2)16-11-6-5-10-15(16)20-17(21)19-14-9-7-8-13(18)12-14;15-10-6-5-8(7-9(10)14(16,17)18)19-13(21)20-11-3-1-2-4-12(11)25(22,23)24/h5-12H,3-4H2,1-2H3,(H2,19,20,21);1-7H,(H2,19,20,21)(H2,22,23,24). The van der Waals surface area contributed by atoms with Gasteiger partial charge in [-0.15, -0.1) is 0 Å². The average molecular weight is 777 g/mol. The fourth-order valence-electron chi connectivity index (χ4n) is 4.12. The Kier molecular flexibility index (Phi) is 14.5. The van der Waals surface area contributed by atoms with Crippen molar-refractivity contribution in [1.29, 1.82) is 0 Å². The molecule has 0 unspecified atom stereocenters. The van der Waals surface area contributed by atoms with Gasteiger partial charge in [0.1, 0.15) is 0 Å². The first-order chi connectivity index (χ1) is 23.5. The smallest absolute Gasteiger partial charge is 0.321 e. The van der Waals surface area contributed by atoms with Crippen LogP contribution in [-0.4, -0.2) is 35.1 Å². The van der Waals surface area contributed by atoms with Crippen molar-refractivity contribution in [3.8, 4) is 0 Å². The first-order valence-corrected chi connectivity index (χ1v) is 18.3. The van der Waals surface area contributed by atoms with Gasteiger partial charge in [0.25, 0.3) is 0 Å². The maximum atomic E-state index is 13.0. The van der Waals surface area contributed by atoms with Crippen LogP contribution < -0.4 is 31.9 Å². The van der Waals surface area contributed by atoms with Crippen LogP contribution in [0.1, 0.15) is 19.4 Å². The molecular weight excluding hydrogens is 746 g/mol. The van der Waals surface area contributed by atoms with Crippen molar-refractivity contribution in [2.75, 3.05) is 34.5 Å². The van der Waals surface area contributed by atoms with E-state index in [4.69, 9.17) is 32.2 Å². The third-order valence-corrected chi connectivity index (χ3v) is 9.88. The van der Waals surface area contributed by atoms with Gasteiger partial charge in [-0.2, -0.15) is 13.2 Å². The van der Waals surface area contributed by atoms with Gasteiger partial charge in [0.05, 0.1) is 45.8 Å². The number of amides is 4. The van der Waals surface area contributed by atoms with Crippen LogP contribution in [-0.2, 0) is 24.4 Å². The number of hydrogen-bond donors (Lipinski definition) is 6. The van der Waals surface area contributed by atoms with Crippen molar-refractivity contribution in [3.63, 3.8) is 0 Å². The lowest BCUT2D eigenvalue weighted by Crippen LogP contribution is -2.24. The lowest BCUT2D eigenvalue weighted by molar-refractivity contribution is -0.137. The van der Waals surface area contributed by atoms with Crippen molar-refractivity contribution in [2.45, 2.75) is 20.0 Å². The third kappa shape index (κ3) is 11.9. The van der Waals surface area contributed by atoms with Crippen LogP contribution in [0.3, 0.4) is 0 Å². The highest BCUT2D eigenvalue weighted by Gasteiger charge is 2.34. The van der Waals surface area contributed by atoms with E-state index in [-0.39, 0.29) is 24.6 Å². The molecule has 12 nitrogen and oxygen atoms in total. The lowest BCUT2D eigenvalue weighted by Gasteiger charge is -2.20. The summed E-state index contributed by atoms with van der Waals surface area (Å²) in [5, 5.41) is 9.55. The summed E-state index contributed by atoms with van der Waals surface area (Å²) in [4.78, 5) is 42.6. The van der Waals surface area contributed by atoms with E-state index in [0.29, 0.717) is 27.8 Å². The molecule has 0 aliphatic rings. The predicted molar refractivity (Wildman–Crippen MR) is 188 cm³/mol.